The first-order valence-corrected chi connectivity index (χ1v) is 10.1. The second-order valence-corrected chi connectivity index (χ2v) is 9.32. The van der Waals surface area contributed by atoms with Crippen LogP contribution in [0.2, 0.25) is 0 Å². The van der Waals surface area contributed by atoms with Crippen LogP contribution in [-0.2, 0) is 11.0 Å². The molecule has 0 bridgehead atoms. The van der Waals surface area contributed by atoms with Crippen molar-refractivity contribution in [3.05, 3.63) is 83.4 Å². The summed E-state index contributed by atoms with van der Waals surface area (Å²) in [6, 6.07) is 22.8. The van der Waals surface area contributed by atoms with Gasteiger partial charge in [-0.05, 0) is 48.3 Å². The van der Waals surface area contributed by atoms with Crippen molar-refractivity contribution in [1.82, 2.24) is 0 Å². The Hall–Kier alpha value is -2.11. The molecule has 1 unspecified atom stereocenters. The Balaban J connectivity index is 1.86. The first-order valence-electron chi connectivity index (χ1n) is 7.92. The zero-order valence-corrected chi connectivity index (χ0v) is 14.3. The molecule has 1 nitrogen and oxygen atoms in total. The third kappa shape index (κ3) is 2.36. The maximum Gasteiger partial charge on any atom is 0.140 e. The summed E-state index contributed by atoms with van der Waals surface area (Å²) in [6.45, 7) is 3.99. The van der Waals surface area contributed by atoms with Crippen molar-refractivity contribution < 1.29 is 4.57 Å². The van der Waals surface area contributed by atoms with Crippen LogP contribution in [0.25, 0.3) is 11.1 Å². The maximum absolute atomic E-state index is 13.4. The molecule has 23 heavy (non-hydrogen) atoms. The molecule has 3 aromatic rings. The summed E-state index contributed by atoms with van der Waals surface area (Å²) in [7, 11) is -2.55. The largest absolute Gasteiger partial charge is 0.314 e. The molecule has 0 radical (unpaired) electrons. The number of rotatable bonds is 2. The Morgan fingerprint density at radius 1 is 0.783 bits per heavy atom. The van der Waals surface area contributed by atoms with Crippen LogP contribution in [0.15, 0.2) is 66.7 Å². The van der Waals surface area contributed by atoms with Crippen molar-refractivity contribution in [2.45, 2.75) is 13.3 Å². The molecule has 0 N–H and O–H groups in total. The predicted molar refractivity (Wildman–Crippen MR) is 98.7 cm³/mol. The summed E-state index contributed by atoms with van der Waals surface area (Å²) in [5.41, 5.74) is 6.52. The van der Waals surface area contributed by atoms with Gasteiger partial charge in [-0.15, -0.1) is 0 Å². The highest BCUT2D eigenvalue weighted by Gasteiger charge is 2.25. The van der Waals surface area contributed by atoms with E-state index in [1.807, 2.05) is 43.1 Å². The van der Waals surface area contributed by atoms with Crippen molar-refractivity contribution in [1.29, 1.82) is 0 Å². The van der Waals surface area contributed by atoms with E-state index in [-0.39, 0.29) is 0 Å². The van der Waals surface area contributed by atoms with Crippen LogP contribution in [-0.4, -0.2) is 6.66 Å². The van der Waals surface area contributed by atoms with E-state index in [4.69, 9.17) is 0 Å². The monoisotopic (exact) mass is 318 g/mol. The summed E-state index contributed by atoms with van der Waals surface area (Å²) in [6.07, 6.45) is 0.977. The van der Waals surface area contributed by atoms with Crippen molar-refractivity contribution in [2.75, 3.05) is 6.66 Å². The molecule has 0 heterocycles. The molecule has 2 heteroatoms. The van der Waals surface area contributed by atoms with Gasteiger partial charge in [0.1, 0.15) is 7.14 Å². The third-order valence-electron chi connectivity index (χ3n) is 4.77. The minimum Gasteiger partial charge on any atom is -0.314 e. The average Bonchev–Trinajstić information content (AvgIpc) is 2.93. The van der Waals surface area contributed by atoms with Crippen molar-refractivity contribution in [2.24, 2.45) is 0 Å². The first kappa shape index (κ1) is 14.5. The molecule has 4 rings (SSSR count). The molecule has 0 spiro atoms. The van der Waals surface area contributed by atoms with Gasteiger partial charge < -0.3 is 4.57 Å². The fraction of sp³-hybridized carbons (Fsp3) is 0.143. The summed E-state index contributed by atoms with van der Waals surface area (Å²) in [5.74, 6) is 0. The van der Waals surface area contributed by atoms with E-state index in [0.717, 1.165) is 17.0 Å². The van der Waals surface area contributed by atoms with Crippen molar-refractivity contribution in [3.63, 3.8) is 0 Å². The van der Waals surface area contributed by atoms with Gasteiger partial charge in [-0.25, -0.2) is 0 Å². The third-order valence-corrected chi connectivity index (χ3v) is 7.32. The molecule has 0 aliphatic heterocycles. The average molecular weight is 318 g/mol. The van der Waals surface area contributed by atoms with Crippen molar-refractivity contribution in [3.8, 4) is 11.1 Å². The second kappa shape index (κ2) is 5.22. The van der Waals surface area contributed by atoms with Crippen LogP contribution in [0.4, 0.5) is 0 Å². The standard InChI is InChI=1S/C21H19OP/c1-15-8-9-16-13-17-10-11-19(14-21(17)20(16)12-15)23(2,22)18-6-4-3-5-7-18/h3-12,14H,13H2,1-2H3. The van der Waals surface area contributed by atoms with E-state index in [9.17, 15) is 4.57 Å². The zero-order valence-electron chi connectivity index (χ0n) is 13.4. The number of benzene rings is 3. The Bertz CT molecular complexity index is 941. The fourth-order valence-electron chi connectivity index (χ4n) is 3.40. The lowest BCUT2D eigenvalue weighted by Crippen LogP contribution is -2.15. The molecule has 3 aromatic carbocycles. The van der Waals surface area contributed by atoms with E-state index >= 15 is 0 Å². The van der Waals surface area contributed by atoms with Gasteiger partial charge in [0, 0.05) is 10.6 Å². The van der Waals surface area contributed by atoms with Crippen LogP contribution >= 0.6 is 7.14 Å². The zero-order chi connectivity index (χ0) is 16.0. The molecule has 0 saturated carbocycles. The molecule has 1 aliphatic carbocycles. The van der Waals surface area contributed by atoms with Gasteiger partial charge >= 0.3 is 0 Å². The highest BCUT2D eigenvalue weighted by molar-refractivity contribution is 7.78. The smallest absolute Gasteiger partial charge is 0.140 e. The summed E-state index contributed by atoms with van der Waals surface area (Å²) >= 11 is 0. The SMILES string of the molecule is Cc1ccc2c(c1)-c1cc(P(C)(=O)c3ccccc3)ccc1C2. The van der Waals surface area contributed by atoms with Gasteiger partial charge in [0.15, 0.2) is 0 Å². The Morgan fingerprint density at radius 2 is 1.43 bits per heavy atom. The Labute approximate surface area is 137 Å². The van der Waals surface area contributed by atoms with E-state index in [1.54, 1.807) is 0 Å². The Kier molecular flexibility index (Phi) is 3.28. The van der Waals surface area contributed by atoms with E-state index in [2.05, 4.69) is 37.3 Å². The summed E-state index contributed by atoms with van der Waals surface area (Å²) in [5, 5.41) is 1.86. The molecular formula is C21H19OP. The van der Waals surface area contributed by atoms with E-state index in [1.165, 1.54) is 27.8 Å². The number of fused-ring (bicyclic) bond motifs is 3. The minimum absolute atomic E-state index is 0.919. The van der Waals surface area contributed by atoms with Crippen LogP contribution < -0.4 is 10.6 Å². The predicted octanol–water partition coefficient (Wildman–Crippen LogP) is 4.51. The topological polar surface area (TPSA) is 17.1 Å². The van der Waals surface area contributed by atoms with Gasteiger partial charge in [-0.2, -0.15) is 0 Å². The lowest BCUT2D eigenvalue weighted by Gasteiger charge is -2.15. The maximum atomic E-state index is 13.4. The highest BCUT2D eigenvalue weighted by atomic mass is 31.2. The highest BCUT2D eigenvalue weighted by Crippen LogP contribution is 2.43. The van der Waals surface area contributed by atoms with E-state index < -0.39 is 7.14 Å². The summed E-state index contributed by atoms with van der Waals surface area (Å²) in [4.78, 5) is 0. The van der Waals surface area contributed by atoms with Crippen LogP contribution in [0.5, 0.6) is 0 Å². The summed E-state index contributed by atoms with van der Waals surface area (Å²) < 4.78 is 13.4. The number of hydrogen-bond acceptors (Lipinski definition) is 1. The Morgan fingerprint density at radius 3 is 2.17 bits per heavy atom. The molecule has 114 valence electrons. The molecule has 1 atom stereocenters. The van der Waals surface area contributed by atoms with Crippen molar-refractivity contribution >= 4 is 17.8 Å². The quantitative estimate of drug-likeness (QED) is 0.497. The molecule has 0 aromatic heterocycles. The van der Waals surface area contributed by atoms with Gasteiger partial charge in [0.25, 0.3) is 0 Å². The molecule has 0 fully saturated rings. The second-order valence-electron chi connectivity index (χ2n) is 6.44. The van der Waals surface area contributed by atoms with Gasteiger partial charge in [0.05, 0.1) is 0 Å². The number of hydrogen-bond donors (Lipinski definition) is 0. The lowest BCUT2D eigenvalue weighted by atomic mass is 10.0. The number of aryl methyl sites for hydroxylation is 1. The van der Waals surface area contributed by atoms with Gasteiger partial charge in [-0.3, -0.25) is 0 Å². The van der Waals surface area contributed by atoms with Gasteiger partial charge in [0.2, 0.25) is 0 Å². The lowest BCUT2D eigenvalue weighted by molar-refractivity contribution is 0.590. The van der Waals surface area contributed by atoms with Gasteiger partial charge in [-0.1, -0.05) is 66.2 Å². The molecule has 1 aliphatic rings. The van der Waals surface area contributed by atoms with Crippen LogP contribution in [0.1, 0.15) is 16.7 Å². The molecule has 0 amide bonds. The first-order chi connectivity index (χ1) is 11.1. The molecular weight excluding hydrogens is 299 g/mol. The van der Waals surface area contributed by atoms with Crippen LogP contribution in [0, 0.1) is 6.92 Å². The molecule has 0 saturated heterocycles. The normalized spacial score (nSPS) is 14.9. The van der Waals surface area contributed by atoms with E-state index in [0.29, 0.717) is 0 Å². The minimum atomic E-state index is -2.55. The fourth-order valence-corrected chi connectivity index (χ4v) is 5.17. The van der Waals surface area contributed by atoms with Crippen LogP contribution in [0.3, 0.4) is 0 Å².